The number of rotatable bonds is 4. The second-order valence-corrected chi connectivity index (χ2v) is 7.76. The number of carbonyl (C=O) groups is 1. The summed E-state index contributed by atoms with van der Waals surface area (Å²) in [5.41, 5.74) is 2.31. The largest absolute Gasteiger partial charge is 0.298 e. The number of hydrogen-bond acceptors (Lipinski definition) is 3. The quantitative estimate of drug-likeness (QED) is 0.551. The zero-order chi connectivity index (χ0) is 18.0. The molecule has 2 aromatic carbocycles. The molecule has 0 saturated carbocycles. The summed E-state index contributed by atoms with van der Waals surface area (Å²) in [7, 11) is 0. The number of aryl methyl sites for hydroxylation is 1. The average Bonchev–Trinajstić information content (AvgIpc) is 2.91. The van der Waals surface area contributed by atoms with Gasteiger partial charge in [-0.15, -0.1) is 11.3 Å². The van der Waals surface area contributed by atoms with E-state index in [1.807, 2.05) is 13.0 Å². The molecule has 25 heavy (non-hydrogen) atoms. The number of amides is 1. The van der Waals surface area contributed by atoms with Crippen molar-refractivity contribution in [2.24, 2.45) is 0 Å². The van der Waals surface area contributed by atoms with Gasteiger partial charge in [0.15, 0.2) is 5.13 Å². The van der Waals surface area contributed by atoms with Crippen molar-refractivity contribution in [2.75, 3.05) is 5.32 Å². The topological polar surface area (TPSA) is 42.0 Å². The van der Waals surface area contributed by atoms with E-state index >= 15 is 0 Å². The second-order valence-electron chi connectivity index (χ2n) is 5.40. The number of nitrogens with zero attached hydrogens (tertiary/aromatic N) is 1. The van der Waals surface area contributed by atoms with Crippen LogP contribution in [0.3, 0.4) is 0 Å². The van der Waals surface area contributed by atoms with Crippen LogP contribution in [-0.2, 0) is 6.42 Å². The fourth-order valence-electron chi connectivity index (χ4n) is 2.27. The maximum Gasteiger partial charge on any atom is 0.257 e. The molecule has 1 amide bonds. The molecule has 0 fully saturated rings. The lowest BCUT2D eigenvalue weighted by Gasteiger charge is -2.03. The van der Waals surface area contributed by atoms with Gasteiger partial charge in [0, 0.05) is 31.9 Å². The Kier molecular flexibility index (Phi) is 5.64. The summed E-state index contributed by atoms with van der Waals surface area (Å²) in [5, 5.41) is 5.24. The van der Waals surface area contributed by atoms with Gasteiger partial charge in [-0.2, -0.15) is 0 Å². The highest BCUT2D eigenvalue weighted by molar-refractivity contribution is 7.15. The molecular formula is C18H13Cl3N2OS. The van der Waals surface area contributed by atoms with Gasteiger partial charge in [-0.1, -0.05) is 34.8 Å². The van der Waals surface area contributed by atoms with Crippen molar-refractivity contribution in [3.8, 4) is 0 Å². The molecule has 0 spiro atoms. The number of halogens is 3. The van der Waals surface area contributed by atoms with Gasteiger partial charge in [-0.05, 0) is 55.0 Å². The number of nitrogens with one attached hydrogen (secondary N) is 1. The molecule has 1 N–H and O–H groups in total. The lowest BCUT2D eigenvalue weighted by Crippen LogP contribution is -2.11. The maximum absolute atomic E-state index is 12.3. The minimum Gasteiger partial charge on any atom is -0.298 e. The third-order valence-electron chi connectivity index (χ3n) is 3.58. The fraction of sp³-hybridized carbons (Fsp3) is 0.111. The van der Waals surface area contributed by atoms with Gasteiger partial charge >= 0.3 is 0 Å². The van der Waals surface area contributed by atoms with Crippen LogP contribution in [-0.4, -0.2) is 10.9 Å². The zero-order valence-corrected chi connectivity index (χ0v) is 16.2. The number of thiazole rings is 1. The van der Waals surface area contributed by atoms with Crippen molar-refractivity contribution >= 4 is 57.2 Å². The van der Waals surface area contributed by atoms with E-state index in [0.29, 0.717) is 32.2 Å². The van der Waals surface area contributed by atoms with Crippen LogP contribution in [0.5, 0.6) is 0 Å². The van der Waals surface area contributed by atoms with Gasteiger partial charge in [0.05, 0.1) is 5.69 Å². The minimum absolute atomic E-state index is 0.224. The Morgan fingerprint density at radius 1 is 1.08 bits per heavy atom. The Labute approximate surface area is 164 Å². The van der Waals surface area contributed by atoms with E-state index in [1.54, 1.807) is 36.4 Å². The Bertz CT molecular complexity index is 923. The first kappa shape index (κ1) is 18.2. The SMILES string of the molecule is Cc1nc(NC(=O)c2ccc(Cl)cc2)sc1Cc1cc(Cl)ccc1Cl. The highest BCUT2D eigenvalue weighted by atomic mass is 35.5. The van der Waals surface area contributed by atoms with Crippen molar-refractivity contribution in [2.45, 2.75) is 13.3 Å². The molecule has 0 aliphatic carbocycles. The van der Waals surface area contributed by atoms with Crippen LogP contribution in [0, 0.1) is 6.92 Å². The van der Waals surface area contributed by atoms with Crippen molar-refractivity contribution in [1.82, 2.24) is 4.98 Å². The van der Waals surface area contributed by atoms with E-state index in [2.05, 4.69) is 10.3 Å². The monoisotopic (exact) mass is 410 g/mol. The number of carbonyl (C=O) groups excluding carboxylic acids is 1. The van der Waals surface area contributed by atoms with E-state index in [9.17, 15) is 4.79 Å². The molecule has 0 aliphatic rings. The number of anilines is 1. The van der Waals surface area contributed by atoms with Gasteiger partial charge in [0.25, 0.3) is 5.91 Å². The molecule has 0 atom stereocenters. The van der Waals surface area contributed by atoms with Gasteiger partial charge < -0.3 is 0 Å². The van der Waals surface area contributed by atoms with Crippen molar-refractivity contribution in [1.29, 1.82) is 0 Å². The molecule has 0 aliphatic heterocycles. The summed E-state index contributed by atoms with van der Waals surface area (Å²) in [5.74, 6) is -0.224. The van der Waals surface area contributed by atoms with Gasteiger partial charge in [0.2, 0.25) is 0 Å². The van der Waals surface area contributed by atoms with E-state index in [-0.39, 0.29) is 5.91 Å². The van der Waals surface area contributed by atoms with Crippen molar-refractivity contribution < 1.29 is 4.79 Å². The van der Waals surface area contributed by atoms with E-state index in [4.69, 9.17) is 34.8 Å². The Morgan fingerprint density at radius 2 is 1.76 bits per heavy atom. The summed E-state index contributed by atoms with van der Waals surface area (Å²) in [6.45, 7) is 1.90. The summed E-state index contributed by atoms with van der Waals surface area (Å²) in [4.78, 5) is 17.7. The zero-order valence-electron chi connectivity index (χ0n) is 13.1. The van der Waals surface area contributed by atoms with Crippen LogP contribution < -0.4 is 5.32 Å². The molecule has 0 radical (unpaired) electrons. The molecule has 128 valence electrons. The van der Waals surface area contributed by atoms with Gasteiger partial charge in [0.1, 0.15) is 0 Å². The Hall–Kier alpha value is -1.59. The van der Waals surface area contributed by atoms with Crippen LogP contribution in [0.1, 0.15) is 26.5 Å². The smallest absolute Gasteiger partial charge is 0.257 e. The molecule has 1 aromatic heterocycles. The number of aromatic nitrogens is 1. The predicted molar refractivity (Wildman–Crippen MR) is 106 cm³/mol. The van der Waals surface area contributed by atoms with Crippen LogP contribution >= 0.6 is 46.1 Å². The van der Waals surface area contributed by atoms with Gasteiger partial charge in [-0.3, -0.25) is 10.1 Å². The van der Waals surface area contributed by atoms with Crippen LogP contribution in [0.2, 0.25) is 15.1 Å². The number of hydrogen-bond donors (Lipinski definition) is 1. The van der Waals surface area contributed by atoms with E-state index in [1.165, 1.54) is 11.3 Å². The highest BCUT2D eigenvalue weighted by Crippen LogP contribution is 2.29. The lowest BCUT2D eigenvalue weighted by atomic mass is 10.1. The number of benzene rings is 2. The summed E-state index contributed by atoms with van der Waals surface area (Å²) < 4.78 is 0. The third-order valence-corrected chi connectivity index (χ3v) is 5.51. The lowest BCUT2D eigenvalue weighted by molar-refractivity contribution is 0.102. The molecule has 0 bridgehead atoms. The standard InChI is InChI=1S/C18H13Cl3N2OS/c1-10-16(9-12-8-14(20)6-7-15(12)21)25-18(22-10)23-17(24)11-2-4-13(19)5-3-11/h2-8H,9H2,1H3,(H,22,23,24). The maximum atomic E-state index is 12.3. The summed E-state index contributed by atoms with van der Waals surface area (Å²) >= 11 is 19.5. The molecule has 7 heteroatoms. The highest BCUT2D eigenvalue weighted by Gasteiger charge is 2.13. The Balaban J connectivity index is 1.77. The third kappa shape index (κ3) is 4.53. The summed E-state index contributed by atoms with van der Waals surface area (Å²) in [6, 6.07) is 12.1. The Morgan fingerprint density at radius 3 is 2.48 bits per heavy atom. The molecule has 3 nitrogen and oxygen atoms in total. The normalized spacial score (nSPS) is 10.7. The fourth-order valence-corrected chi connectivity index (χ4v) is 3.75. The first-order chi connectivity index (χ1) is 11.9. The van der Waals surface area contributed by atoms with Crippen LogP contribution in [0.4, 0.5) is 5.13 Å². The molecule has 3 rings (SSSR count). The second kappa shape index (κ2) is 7.75. The van der Waals surface area contributed by atoms with Crippen molar-refractivity contribution in [3.63, 3.8) is 0 Å². The first-order valence-corrected chi connectivity index (χ1v) is 9.34. The average molecular weight is 412 g/mol. The molecule has 3 aromatic rings. The van der Waals surface area contributed by atoms with E-state index < -0.39 is 0 Å². The van der Waals surface area contributed by atoms with Crippen LogP contribution in [0.15, 0.2) is 42.5 Å². The molecule has 0 unspecified atom stereocenters. The molecule has 1 heterocycles. The van der Waals surface area contributed by atoms with E-state index in [0.717, 1.165) is 16.1 Å². The molecular weight excluding hydrogens is 399 g/mol. The van der Waals surface area contributed by atoms with Crippen LogP contribution in [0.25, 0.3) is 0 Å². The minimum atomic E-state index is -0.224. The van der Waals surface area contributed by atoms with Crippen molar-refractivity contribution in [3.05, 3.63) is 79.2 Å². The predicted octanol–water partition coefficient (Wildman–Crippen LogP) is 6.25. The van der Waals surface area contributed by atoms with Gasteiger partial charge in [-0.25, -0.2) is 4.98 Å². The first-order valence-electron chi connectivity index (χ1n) is 7.39. The summed E-state index contributed by atoms with van der Waals surface area (Å²) in [6.07, 6.45) is 0.611. The molecule has 0 saturated heterocycles.